The number of nitrogens with one attached hydrogen (secondary N) is 1. The minimum absolute atomic E-state index is 0.0363. The lowest BCUT2D eigenvalue weighted by Crippen LogP contribution is -2.47. The number of carbonyl (C=O) groups is 1. The maximum absolute atomic E-state index is 12.9. The van der Waals surface area contributed by atoms with E-state index in [9.17, 15) is 4.79 Å². The Hall–Kier alpha value is -2.65. The summed E-state index contributed by atoms with van der Waals surface area (Å²) in [6, 6.07) is 11.9. The number of carbonyl (C=O) groups excluding carboxylic acids is 1. The number of H-pyrrole nitrogens is 1. The van der Waals surface area contributed by atoms with Gasteiger partial charge in [0.15, 0.2) is 10.6 Å². The number of likely N-dealkylation sites (N-methyl/N-ethyl adjacent to an activating group) is 2. The third kappa shape index (κ3) is 4.06. The summed E-state index contributed by atoms with van der Waals surface area (Å²) < 4.78 is 8.33. The van der Waals surface area contributed by atoms with Gasteiger partial charge in [-0.2, -0.15) is 5.10 Å². The minimum atomic E-state index is -0.0899. The molecule has 0 saturated carbocycles. The molecule has 7 nitrogen and oxygen atoms in total. The monoisotopic (exact) mass is 429 g/mol. The third-order valence-electron chi connectivity index (χ3n) is 5.00. The number of thiophene rings is 1. The largest absolute Gasteiger partial charge is 0.485 e. The smallest absolute Gasteiger partial charge is 0.242 e. The standard InChI is InChI=1S/C20H23N5O2S2/c1-3-24-12-14(27-16-8-5-4-7-15(16)24)11-23(2)18(26)13-25-19(21-22-20(25)28)17-9-6-10-29-17/h4-10,14H,3,11-13H2,1-2H3,(H,22,28). The van der Waals surface area contributed by atoms with Crippen molar-refractivity contribution in [3.63, 3.8) is 0 Å². The number of aromatic amines is 1. The van der Waals surface area contributed by atoms with Crippen molar-refractivity contribution >= 4 is 35.1 Å². The molecule has 3 aromatic rings. The number of fused-ring (bicyclic) bond motifs is 1. The summed E-state index contributed by atoms with van der Waals surface area (Å²) in [6.07, 6.45) is -0.0899. The van der Waals surface area contributed by atoms with Crippen LogP contribution in [0.2, 0.25) is 0 Å². The van der Waals surface area contributed by atoms with Crippen LogP contribution in [0.4, 0.5) is 5.69 Å². The first-order chi connectivity index (χ1) is 14.1. The van der Waals surface area contributed by atoms with Crippen molar-refractivity contribution in [3.05, 3.63) is 46.5 Å². The number of hydrogen-bond donors (Lipinski definition) is 1. The van der Waals surface area contributed by atoms with E-state index in [-0.39, 0.29) is 18.6 Å². The van der Waals surface area contributed by atoms with Gasteiger partial charge in [0.1, 0.15) is 18.4 Å². The van der Waals surface area contributed by atoms with Crippen LogP contribution < -0.4 is 9.64 Å². The summed E-state index contributed by atoms with van der Waals surface area (Å²) in [4.78, 5) is 17.9. The number of ether oxygens (including phenoxy) is 1. The second kappa shape index (κ2) is 8.38. The number of aromatic nitrogens is 3. The quantitative estimate of drug-likeness (QED) is 0.608. The van der Waals surface area contributed by atoms with E-state index in [2.05, 4.69) is 28.1 Å². The Kier molecular flexibility index (Phi) is 5.68. The SMILES string of the molecule is CCN1CC(CN(C)C(=O)Cn2c(-c3cccs3)n[nH]c2=S)Oc2ccccc21. The molecule has 4 rings (SSSR count). The molecule has 2 aromatic heterocycles. The molecule has 0 bridgehead atoms. The van der Waals surface area contributed by atoms with E-state index in [4.69, 9.17) is 17.0 Å². The molecule has 0 aliphatic carbocycles. The molecular weight excluding hydrogens is 406 g/mol. The van der Waals surface area contributed by atoms with Crippen molar-refractivity contribution in [1.82, 2.24) is 19.7 Å². The van der Waals surface area contributed by atoms with Crippen LogP contribution in [0, 0.1) is 4.77 Å². The van der Waals surface area contributed by atoms with Crippen LogP contribution in [0.15, 0.2) is 41.8 Å². The van der Waals surface area contributed by atoms with Crippen LogP contribution in [0.5, 0.6) is 5.75 Å². The second-order valence-electron chi connectivity index (χ2n) is 6.94. The molecule has 9 heteroatoms. The first kappa shape index (κ1) is 19.7. The normalized spacial score (nSPS) is 15.7. The Morgan fingerprint density at radius 3 is 2.97 bits per heavy atom. The van der Waals surface area contributed by atoms with Crippen LogP contribution in [-0.4, -0.2) is 58.4 Å². The van der Waals surface area contributed by atoms with E-state index in [0.717, 1.165) is 29.4 Å². The Morgan fingerprint density at radius 2 is 2.21 bits per heavy atom. The summed E-state index contributed by atoms with van der Waals surface area (Å²) >= 11 is 6.90. The molecule has 1 aliphatic rings. The number of anilines is 1. The van der Waals surface area contributed by atoms with Gasteiger partial charge in [-0.3, -0.25) is 14.5 Å². The zero-order valence-corrected chi connectivity index (χ0v) is 18.0. The van der Waals surface area contributed by atoms with Crippen molar-refractivity contribution in [2.45, 2.75) is 19.6 Å². The van der Waals surface area contributed by atoms with Crippen LogP contribution in [0.25, 0.3) is 10.7 Å². The highest BCUT2D eigenvalue weighted by Gasteiger charge is 2.27. The van der Waals surface area contributed by atoms with Crippen molar-refractivity contribution in [3.8, 4) is 16.5 Å². The van der Waals surface area contributed by atoms with Crippen LogP contribution in [-0.2, 0) is 11.3 Å². The predicted molar refractivity (Wildman–Crippen MR) is 117 cm³/mol. The average molecular weight is 430 g/mol. The van der Waals surface area contributed by atoms with E-state index in [1.807, 2.05) is 35.7 Å². The minimum Gasteiger partial charge on any atom is -0.485 e. The molecule has 1 atom stereocenters. The fourth-order valence-corrected chi connectivity index (χ4v) is 4.41. The van der Waals surface area contributed by atoms with E-state index in [1.54, 1.807) is 27.9 Å². The van der Waals surface area contributed by atoms with Gasteiger partial charge in [-0.1, -0.05) is 18.2 Å². The zero-order valence-electron chi connectivity index (χ0n) is 16.4. The highest BCUT2D eigenvalue weighted by atomic mass is 32.1. The van der Waals surface area contributed by atoms with Gasteiger partial charge in [-0.15, -0.1) is 11.3 Å². The first-order valence-electron chi connectivity index (χ1n) is 9.50. The van der Waals surface area contributed by atoms with E-state index in [0.29, 0.717) is 17.1 Å². The summed E-state index contributed by atoms with van der Waals surface area (Å²) in [6.45, 7) is 4.41. The van der Waals surface area contributed by atoms with Gasteiger partial charge in [0.25, 0.3) is 0 Å². The molecule has 0 saturated heterocycles. The van der Waals surface area contributed by atoms with Crippen LogP contribution in [0.3, 0.4) is 0 Å². The van der Waals surface area contributed by atoms with E-state index >= 15 is 0 Å². The summed E-state index contributed by atoms with van der Waals surface area (Å²) in [7, 11) is 1.80. The van der Waals surface area contributed by atoms with Crippen LogP contribution in [0.1, 0.15) is 6.92 Å². The molecule has 1 N–H and O–H groups in total. The van der Waals surface area contributed by atoms with Gasteiger partial charge in [0.05, 0.1) is 23.7 Å². The third-order valence-corrected chi connectivity index (χ3v) is 6.18. The van der Waals surface area contributed by atoms with Crippen molar-refractivity contribution in [2.75, 3.05) is 31.6 Å². The molecule has 1 unspecified atom stereocenters. The average Bonchev–Trinajstić information content (AvgIpc) is 3.37. The topological polar surface area (TPSA) is 66.4 Å². The molecule has 0 fully saturated rings. The van der Waals surface area contributed by atoms with Crippen LogP contribution >= 0.6 is 23.6 Å². The van der Waals surface area contributed by atoms with Gasteiger partial charge in [-0.05, 0) is 42.7 Å². The summed E-state index contributed by atoms with van der Waals surface area (Å²) in [5.74, 6) is 1.51. The second-order valence-corrected chi connectivity index (χ2v) is 8.27. The Bertz CT molecular complexity index is 1040. The van der Waals surface area contributed by atoms with Crippen molar-refractivity contribution in [2.24, 2.45) is 0 Å². The fourth-order valence-electron chi connectivity index (χ4n) is 3.49. The molecule has 0 spiro atoms. The molecule has 29 heavy (non-hydrogen) atoms. The number of hydrogen-bond acceptors (Lipinski definition) is 6. The highest BCUT2D eigenvalue weighted by molar-refractivity contribution is 7.71. The van der Waals surface area contributed by atoms with Crippen molar-refractivity contribution < 1.29 is 9.53 Å². The lowest BCUT2D eigenvalue weighted by atomic mass is 10.2. The van der Waals surface area contributed by atoms with E-state index < -0.39 is 0 Å². The number of nitrogens with zero attached hydrogens (tertiary/aromatic N) is 4. The molecule has 152 valence electrons. The Balaban J connectivity index is 1.45. The van der Waals surface area contributed by atoms with Gasteiger partial charge < -0.3 is 14.5 Å². The summed E-state index contributed by atoms with van der Waals surface area (Å²) in [5.41, 5.74) is 1.10. The van der Waals surface area contributed by atoms with Gasteiger partial charge in [-0.25, -0.2) is 0 Å². The lowest BCUT2D eigenvalue weighted by Gasteiger charge is -2.37. The number of amides is 1. The number of benzene rings is 1. The lowest BCUT2D eigenvalue weighted by molar-refractivity contribution is -0.131. The fraction of sp³-hybridized carbons (Fsp3) is 0.350. The van der Waals surface area contributed by atoms with Gasteiger partial charge >= 0.3 is 0 Å². The Morgan fingerprint density at radius 1 is 1.38 bits per heavy atom. The maximum atomic E-state index is 12.9. The molecule has 1 amide bonds. The zero-order chi connectivity index (χ0) is 20.4. The number of para-hydroxylation sites is 2. The Labute approximate surface area is 178 Å². The van der Waals surface area contributed by atoms with Gasteiger partial charge in [0, 0.05) is 13.6 Å². The predicted octanol–water partition coefficient (Wildman–Crippen LogP) is 3.42. The number of rotatable bonds is 6. The first-order valence-corrected chi connectivity index (χ1v) is 10.8. The highest BCUT2D eigenvalue weighted by Crippen LogP contribution is 2.32. The summed E-state index contributed by atoms with van der Waals surface area (Å²) in [5, 5.41) is 9.06. The van der Waals surface area contributed by atoms with E-state index in [1.165, 1.54) is 0 Å². The molecule has 1 aromatic carbocycles. The molecule has 1 aliphatic heterocycles. The van der Waals surface area contributed by atoms with Gasteiger partial charge in [0.2, 0.25) is 5.91 Å². The molecule has 0 radical (unpaired) electrons. The molecule has 3 heterocycles. The molecular formula is C20H23N5O2S2. The maximum Gasteiger partial charge on any atom is 0.242 e. The van der Waals surface area contributed by atoms with Crippen molar-refractivity contribution in [1.29, 1.82) is 0 Å².